The highest BCUT2D eigenvalue weighted by molar-refractivity contribution is 5.77. The van der Waals surface area contributed by atoms with Gasteiger partial charge in [-0.05, 0) is 38.0 Å². The molecule has 0 amide bonds. The second-order valence-electron chi connectivity index (χ2n) is 7.85. The predicted molar refractivity (Wildman–Crippen MR) is 124 cm³/mol. The monoisotopic (exact) mass is 427 g/mol. The molecule has 162 valence electrons. The van der Waals surface area contributed by atoms with Crippen molar-refractivity contribution in [2.45, 2.75) is 26.7 Å². The summed E-state index contributed by atoms with van der Waals surface area (Å²) in [5, 5.41) is 8.80. The van der Waals surface area contributed by atoms with Crippen LogP contribution in [0.3, 0.4) is 0 Å². The number of carboxylic acids is 1. The van der Waals surface area contributed by atoms with Crippen LogP contribution in [0.5, 0.6) is 5.75 Å². The molecule has 0 bridgehead atoms. The first-order chi connectivity index (χ1) is 15.5. The van der Waals surface area contributed by atoms with Crippen LogP contribution < -0.4 is 4.74 Å². The maximum absolute atomic E-state index is 10.7. The van der Waals surface area contributed by atoms with E-state index in [2.05, 4.69) is 62.4 Å². The van der Waals surface area contributed by atoms with Gasteiger partial charge in [0, 0.05) is 17.5 Å². The molecular formula is C27H25NO4. The highest BCUT2D eigenvalue weighted by Gasteiger charge is 2.17. The van der Waals surface area contributed by atoms with Crippen molar-refractivity contribution in [3.05, 3.63) is 95.4 Å². The zero-order valence-corrected chi connectivity index (χ0v) is 18.2. The van der Waals surface area contributed by atoms with Crippen LogP contribution in [-0.2, 0) is 17.6 Å². The van der Waals surface area contributed by atoms with Gasteiger partial charge in [-0.25, -0.2) is 9.78 Å². The molecule has 1 N–H and O–H groups in total. The first kappa shape index (κ1) is 21.4. The number of ether oxygens (including phenoxy) is 1. The van der Waals surface area contributed by atoms with Crippen molar-refractivity contribution in [2.75, 3.05) is 6.61 Å². The number of carboxylic acid groups (broad SMARTS) is 1. The van der Waals surface area contributed by atoms with Gasteiger partial charge in [0.15, 0.2) is 18.3 Å². The minimum atomic E-state index is -0.998. The molecule has 3 aromatic carbocycles. The predicted octanol–water partition coefficient (Wildman–Crippen LogP) is 5.87. The van der Waals surface area contributed by atoms with Crippen LogP contribution >= 0.6 is 0 Å². The number of aliphatic carboxylic acids is 1. The van der Waals surface area contributed by atoms with Crippen LogP contribution in [0.25, 0.3) is 22.6 Å². The molecule has 0 aliphatic heterocycles. The van der Waals surface area contributed by atoms with E-state index in [0.717, 1.165) is 28.1 Å². The van der Waals surface area contributed by atoms with Gasteiger partial charge in [-0.1, -0.05) is 71.8 Å². The van der Waals surface area contributed by atoms with Gasteiger partial charge in [0.25, 0.3) is 0 Å². The quantitative estimate of drug-likeness (QED) is 0.380. The fourth-order valence-corrected chi connectivity index (χ4v) is 3.47. The van der Waals surface area contributed by atoms with Gasteiger partial charge in [-0.15, -0.1) is 0 Å². The number of rotatable bonds is 8. The Labute approximate surface area is 187 Å². The minimum absolute atomic E-state index is 0.358. The lowest BCUT2D eigenvalue weighted by Crippen LogP contribution is -2.09. The average molecular weight is 428 g/mol. The van der Waals surface area contributed by atoms with Gasteiger partial charge in [0.1, 0.15) is 11.4 Å². The van der Waals surface area contributed by atoms with E-state index in [4.69, 9.17) is 19.2 Å². The first-order valence-corrected chi connectivity index (χ1v) is 10.6. The van der Waals surface area contributed by atoms with Crippen molar-refractivity contribution in [2.24, 2.45) is 0 Å². The fourth-order valence-electron chi connectivity index (χ4n) is 3.47. The van der Waals surface area contributed by atoms with Crippen LogP contribution in [0.15, 0.2) is 77.2 Å². The molecule has 4 rings (SSSR count). The smallest absolute Gasteiger partial charge is 0.341 e. The number of hydrogen-bond donors (Lipinski definition) is 1. The Balaban J connectivity index is 1.59. The lowest BCUT2D eigenvalue weighted by Gasteiger charge is -2.05. The van der Waals surface area contributed by atoms with Gasteiger partial charge in [0.2, 0.25) is 0 Å². The SMILES string of the molecule is Cc1ccc(-c2nc(CCc3cccc(OCC(=O)O)c3)oc2-c2ccc(C)cc2)cc1. The van der Waals surface area contributed by atoms with Crippen molar-refractivity contribution in [1.29, 1.82) is 0 Å². The van der Waals surface area contributed by atoms with Gasteiger partial charge in [0.05, 0.1) is 0 Å². The maximum atomic E-state index is 10.7. The molecule has 0 fully saturated rings. The topological polar surface area (TPSA) is 72.6 Å². The average Bonchev–Trinajstić information content (AvgIpc) is 3.22. The van der Waals surface area contributed by atoms with Crippen LogP contribution in [0.4, 0.5) is 0 Å². The highest BCUT2D eigenvalue weighted by atomic mass is 16.5. The summed E-state index contributed by atoms with van der Waals surface area (Å²) in [5.74, 6) is 0.968. The summed E-state index contributed by atoms with van der Waals surface area (Å²) in [6.07, 6.45) is 1.32. The van der Waals surface area contributed by atoms with Gasteiger partial charge < -0.3 is 14.3 Å². The number of aromatic nitrogens is 1. The molecule has 0 saturated heterocycles. The minimum Gasteiger partial charge on any atom is -0.482 e. The molecule has 0 aliphatic rings. The Hall–Kier alpha value is -3.86. The molecule has 5 heteroatoms. The Morgan fingerprint density at radius 3 is 2.22 bits per heavy atom. The van der Waals surface area contributed by atoms with Gasteiger partial charge >= 0.3 is 5.97 Å². The van der Waals surface area contributed by atoms with Crippen molar-refractivity contribution in [1.82, 2.24) is 4.98 Å². The van der Waals surface area contributed by atoms with E-state index >= 15 is 0 Å². The molecule has 32 heavy (non-hydrogen) atoms. The highest BCUT2D eigenvalue weighted by Crippen LogP contribution is 2.33. The normalized spacial score (nSPS) is 10.8. The lowest BCUT2D eigenvalue weighted by atomic mass is 10.0. The molecule has 0 radical (unpaired) electrons. The lowest BCUT2D eigenvalue weighted by molar-refractivity contribution is -0.139. The van der Waals surface area contributed by atoms with Crippen molar-refractivity contribution < 1.29 is 19.1 Å². The van der Waals surface area contributed by atoms with Crippen LogP contribution in [0.2, 0.25) is 0 Å². The van der Waals surface area contributed by atoms with E-state index < -0.39 is 5.97 Å². The van der Waals surface area contributed by atoms with E-state index in [1.165, 1.54) is 11.1 Å². The Morgan fingerprint density at radius 2 is 1.56 bits per heavy atom. The molecule has 0 unspecified atom stereocenters. The van der Waals surface area contributed by atoms with E-state index in [-0.39, 0.29) is 6.61 Å². The number of carbonyl (C=O) groups is 1. The zero-order valence-electron chi connectivity index (χ0n) is 18.2. The third kappa shape index (κ3) is 5.24. The number of aryl methyl sites for hydroxylation is 4. The molecule has 0 saturated carbocycles. The molecule has 0 atom stereocenters. The summed E-state index contributed by atoms with van der Waals surface area (Å²) in [7, 11) is 0. The van der Waals surface area contributed by atoms with Crippen molar-refractivity contribution >= 4 is 5.97 Å². The van der Waals surface area contributed by atoms with E-state index in [1.807, 2.05) is 18.2 Å². The Morgan fingerprint density at radius 1 is 0.906 bits per heavy atom. The number of benzene rings is 3. The number of hydrogen-bond acceptors (Lipinski definition) is 4. The molecule has 0 spiro atoms. The molecule has 4 aromatic rings. The van der Waals surface area contributed by atoms with Crippen LogP contribution in [0.1, 0.15) is 22.6 Å². The summed E-state index contributed by atoms with van der Waals surface area (Å²) in [6.45, 7) is 3.76. The van der Waals surface area contributed by atoms with Crippen molar-refractivity contribution in [3.63, 3.8) is 0 Å². The van der Waals surface area contributed by atoms with Crippen molar-refractivity contribution in [3.8, 4) is 28.3 Å². The van der Waals surface area contributed by atoms with Crippen LogP contribution in [0, 0.1) is 13.8 Å². The molecule has 5 nitrogen and oxygen atoms in total. The summed E-state index contributed by atoms with van der Waals surface area (Å²) >= 11 is 0. The standard InChI is InChI=1S/C27H25NO4/c1-18-6-11-21(12-7-18)26-27(22-13-8-19(2)9-14-22)32-24(28-26)15-10-20-4-3-5-23(16-20)31-17-25(29)30/h3-9,11-14,16H,10,15,17H2,1-2H3,(H,29,30). The largest absolute Gasteiger partial charge is 0.482 e. The second-order valence-corrected chi connectivity index (χ2v) is 7.85. The molecule has 1 aromatic heterocycles. The number of oxazole rings is 1. The Kier molecular flexibility index (Phi) is 6.36. The summed E-state index contributed by atoms with van der Waals surface area (Å²) in [6, 6.07) is 24.0. The number of nitrogens with zero attached hydrogens (tertiary/aromatic N) is 1. The molecule has 0 aliphatic carbocycles. The molecular weight excluding hydrogens is 402 g/mol. The first-order valence-electron chi connectivity index (χ1n) is 10.6. The fraction of sp³-hybridized carbons (Fsp3) is 0.185. The zero-order chi connectivity index (χ0) is 22.5. The van der Waals surface area contributed by atoms with E-state index in [0.29, 0.717) is 24.5 Å². The van der Waals surface area contributed by atoms with Crippen LogP contribution in [-0.4, -0.2) is 22.7 Å². The van der Waals surface area contributed by atoms with Gasteiger partial charge in [-0.2, -0.15) is 0 Å². The third-order valence-corrected chi connectivity index (χ3v) is 5.20. The van der Waals surface area contributed by atoms with E-state index in [9.17, 15) is 4.79 Å². The molecule has 1 heterocycles. The Bertz CT molecular complexity index is 1140. The summed E-state index contributed by atoms with van der Waals surface area (Å²) in [4.78, 5) is 15.6. The third-order valence-electron chi connectivity index (χ3n) is 5.20. The summed E-state index contributed by atoms with van der Waals surface area (Å²) in [5.41, 5.74) is 6.26. The van der Waals surface area contributed by atoms with Gasteiger partial charge in [-0.3, -0.25) is 0 Å². The summed E-state index contributed by atoms with van der Waals surface area (Å²) < 4.78 is 11.5. The second kappa shape index (κ2) is 9.52. The van der Waals surface area contributed by atoms with E-state index in [1.54, 1.807) is 6.07 Å². The maximum Gasteiger partial charge on any atom is 0.341 e.